The number of rotatable bonds is 5. The number of ketones is 1. The van der Waals surface area contributed by atoms with E-state index in [9.17, 15) is 9.59 Å². The maximum atomic E-state index is 11.5. The van der Waals surface area contributed by atoms with Crippen molar-refractivity contribution in [2.75, 3.05) is 0 Å². The Morgan fingerprint density at radius 2 is 1.94 bits per heavy atom. The predicted octanol–water partition coefficient (Wildman–Crippen LogP) is 2.86. The molecule has 1 N–H and O–H groups in total. The Balaban J connectivity index is 3.17. The van der Waals surface area contributed by atoms with Gasteiger partial charge in [0.25, 0.3) is 0 Å². The van der Waals surface area contributed by atoms with Crippen LogP contribution < -0.4 is 0 Å². The van der Waals surface area contributed by atoms with E-state index in [0.29, 0.717) is 12.0 Å². The van der Waals surface area contributed by atoms with Gasteiger partial charge in [0, 0.05) is 5.92 Å². The summed E-state index contributed by atoms with van der Waals surface area (Å²) in [5.41, 5.74) is 0.862. The molecule has 3 heteroatoms. The Morgan fingerprint density at radius 3 is 2.44 bits per heavy atom. The van der Waals surface area contributed by atoms with E-state index in [1.54, 1.807) is 24.3 Å². The zero-order valence-corrected chi connectivity index (χ0v) is 9.56. The Kier molecular flexibility index (Phi) is 4.23. The fraction of sp³-hybridized carbons (Fsp3) is 0.385. The van der Waals surface area contributed by atoms with Gasteiger partial charge in [0.2, 0.25) is 0 Å². The van der Waals surface area contributed by atoms with E-state index in [-0.39, 0.29) is 17.3 Å². The van der Waals surface area contributed by atoms with Gasteiger partial charge >= 0.3 is 5.97 Å². The molecule has 0 aliphatic heterocycles. The molecule has 0 saturated heterocycles. The Labute approximate surface area is 95.1 Å². The van der Waals surface area contributed by atoms with Crippen molar-refractivity contribution in [1.82, 2.24) is 0 Å². The molecular weight excluding hydrogens is 204 g/mol. The summed E-state index contributed by atoms with van der Waals surface area (Å²) in [6.07, 6.45) is 1.55. The van der Waals surface area contributed by atoms with Crippen LogP contribution in [0.3, 0.4) is 0 Å². The van der Waals surface area contributed by atoms with Gasteiger partial charge in [-0.2, -0.15) is 0 Å². The summed E-state index contributed by atoms with van der Waals surface area (Å²) in [5.74, 6) is -1.24. The van der Waals surface area contributed by atoms with Crippen LogP contribution >= 0.6 is 0 Å². The molecule has 0 fully saturated rings. The molecule has 0 aliphatic rings. The Bertz CT molecular complexity index is 396. The van der Waals surface area contributed by atoms with E-state index < -0.39 is 5.97 Å². The molecule has 0 radical (unpaired) electrons. The monoisotopic (exact) mass is 220 g/mol. The number of hydrogen-bond donors (Lipinski definition) is 1. The number of benzene rings is 1. The first-order valence-corrected chi connectivity index (χ1v) is 5.40. The van der Waals surface area contributed by atoms with Crippen LogP contribution in [0.4, 0.5) is 0 Å². The third kappa shape index (κ3) is 2.69. The van der Waals surface area contributed by atoms with Gasteiger partial charge < -0.3 is 5.11 Å². The number of Topliss-reactive ketones (excluding diaryl/α,β-unsaturated/α-hetero) is 1. The molecule has 16 heavy (non-hydrogen) atoms. The molecule has 1 rings (SSSR count). The van der Waals surface area contributed by atoms with Crippen LogP contribution in [0.5, 0.6) is 0 Å². The highest BCUT2D eigenvalue weighted by atomic mass is 16.4. The smallest absolute Gasteiger partial charge is 0.335 e. The first-order valence-electron chi connectivity index (χ1n) is 5.40. The molecule has 0 amide bonds. The molecule has 0 aromatic heterocycles. The summed E-state index contributed by atoms with van der Waals surface area (Å²) in [6.45, 7) is 3.50. The largest absolute Gasteiger partial charge is 0.478 e. The first kappa shape index (κ1) is 12.4. The number of carboxylic acid groups (broad SMARTS) is 1. The van der Waals surface area contributed by atoms with E-state index in [4.69, 9.17) is 5.11 Å². The maximum Gasteiger partial charge on any atom is 0.335 e. The summed E-state index contributed by atoms with van der Waals surface area (Å²) in [5, 5.41) is 9.05. The highest BCUT2D eigenvalue weighted by Crippen LogP contribution is 2.25. The number of hydrogen-bond acceptors (Lipinski definition) is 2. The third-order valence-corrected chi connectivity index (χ3v) is 2.63. The number of aromatic carboxylic acids is 1. The Hall–Kier alpha value is -1.64. The van der Waals surface area contributed by atoms with Crippen LogP contribution in [-0.2, 0) is 4.79 Å². The molecule has 1 unspecified atom stereocenters. The van der Waals surface area contributed by atoms with E-state index in [2.05, 4.69) is 0 Å². The summed E-state index contributed by atoms with van der Waals surface area (Å²) >= 11 is 0. The average Bonchev–Trinajstić information content (AvgIpc) is 2.25. The average molecular weight is 220 g/mol. The number of carbonyl (C=O) groups is 2. The molecule has 3 nitrogen and oxygen atoms in total. The van der Waals surface area contributed by atoms with Crippen molar-refractivity contribution in [3.8, 4) is 0 Å². The van der Waals surface area contributed by atoms with E-state index in [0.717, 1.165) is 6.42 Å². The second-order valence-corrected chi connectivity index (χ2v) is 3.84. The lowest BCUT2D eigenvalue weighted by Gasteiger charge is -2.15. The second kappa shape index (κ2) is 5.45. The zero-order valence-electron chi connectivity index (χ0n) is 9.56. The van der Waals surface area contributed by atoms with E-state index in [1.807, 2.05) is 6.92 Å². The fourth-order valence-corrected chi connectivity index (χ4v) is 1.86. The molecule has 0 spiro atoms. The minimum Gasteiger partial charge on any atom is -0.478 e. The van der Waals surface area contributed by atoms with Gasteiger partial charge in [-0.05, 0) is 25.0 Å². The SMILES string of the molecule is CCCC(C(C)=O)c1ccccc1C(=O)O. The summed E-state index contributed by atoms with van der Waals surface area (Å²) in [6, 6.07) is 6.72. The third-order valence-electron chi connectivity index (χ3n) is 2.63. The van der Waals surface area contributed by atoms with Crippen molar-refractivity contribution >= 4 is 11.8 Å². The number of carbonyl (C=O) groups excluding carboxylic acids is 1. The summed E-state index contributed by atoms with van der Waals surface area (Å²) < 4.78 is 0. The van der Waals surface area contributed by atoms with Gasteiger partial charge in [0.05, 0.1) is 5.56 Å². The van der Waals surface area contributed by atoms with E-state index in [1.165, 1.54) is 6.92 Å². The summed E-state index contributed by atoms with van der Waals surface area (Å²) in [4.78, 5) is 22.6. The zero-order chi connectivity index (χ0) is 12.1. The van der Waals surface area contributed by atoms with Gasteiger partial charge in [-0.25, -0.2) is 4.79 Å². The molecule has 0 saturated carbocycles. The van der Waals surface area contributed by atoms with Gasteiger partial charge in [-0.15, -0.1) is 0 Å². The van der Waals surface area contributed by atoms with Crippen LogP contribution in [0, 0.1) is 0 Å². The molecular formula is C13H16O3. The molecule has 86 valence electrons. The van der Waals surface area contributed by atoms with Crippen LogP contribution in [0.1, 0.15) is 48.5 Å². The predicted molar refractivity (Wildman–Crippen MR) is 61.7 cm³/mol. The molecule has 0 heterocycles. The number of carboxylic acids is 1. The van der Waals surface area contributed by atoms with Gasteiger partial charge in [0.1, 0.15) is 5.78 Å². The first-order chi connectivity index (χ1) is 7.57. The highest BCUT2D eigenvalue weighted by molar-refractivity contribution is 5.93. The van der Waals surface area contributed by atoms with E-state index >= 15 is 0 Å². The standard InChI is InChI=1S/C13H16O3/c1-3-6-10(9(2)14)11-7-4-5-8-12(11)13(15)16/h4-5,7-8,10H,3,6H2,1-2H3,(H,15,16). The van der Waals surface area contributed by atoms with Crippen LogP contribution in [0.15, 0.2) is 24.3 Å². The summed E-state index contributed by atoms with van der Waals surface area (Å²) in [7, 11) is 0. The molecule has 0 aliphatic carbocycles. The normalized spacial score (nSPS) is 12.1. The maximum absolute atomic E-state index is 11.5. The quantitative estimate of drug-likeness (QED) is 0.830. The van der Waals surface area contributed by atoms with Crippen molar-refractivity contribution in [2.45, 2.75) is 32.6 Å². The van der Waals surface area contributed by atoms with Crippen LogP contribution in [0.2, 0.25) is 0 Å². The minimum absolute atomic E-state index is 0.0237. The van der Waals surface area contributed by atoms with Gasteiger partial charge in [-0.3, -0.25) is 4.79 Å². The molecule has 1 aromatic carbocycles. The van der Waals surface area contributed by atoms with Crippen LogP contribution in [0.25, 0.3) is 0 Å². The lowest BCUT2D eigenvalue weighted by Crippen LogP contribution is -2.13. The van der Waals surface area contributed by atoms with Gasteiger partial charge in [0.15, 0.2) is 0 Å². The lowest BCUT2D eigenvalue weighted by molar-refractivity contribution is -0.118. The van der Waals surface area contributed by atoms with Crippen molar-refractivity contribution in [3.63, 3.8) is 0 Å². The topological polar surface area (TPSA) is 54.4 Å². The lowest BCUT2D eigenvalue weighted by atomic mass is 9.88. The fourth-order valence-electron chi connectivity index (χ4n) is 1.86. The molecule has 1 aromatic rings. The highest BCUT2D eigenvalue weighted by Gasteiger charge is 2.21. The van der Waals surface area contributed by atoms with Gasteiger partial charge in [-0.1, -0.05) is 31.5 Å². The van der Waals surface area contributed by atoms with Crippen molar-refractivity contribution in [2.24, 2.45) is 0 Å². The minimum atomic E-state index is -0.974. The van der Waals surface area contributed by atoms with Crippen LogP contribution in [-0.4, -0.2) is 16.9 Å². The Morgan fingerprint density at radius 1 is 1.31 bits per heavy atom. The van der Waals surface area contributed by atoms with Crippen molar-refractivity contribution in [3.05, 3.63) is 35.4 Å². The van der Waals surface area contributed by atoms with Crippen molar-refractivity contribution in [1.29, 1.82) is 0 Å². The molecule has 1 atom stereocenters. The molecule has 0 bridgehead atoms. The second-order valence-electron chi connectivity index (χ2n) is 3.84. The van der Waals surface area contributed by atoms with Crippen molar-refractivity contribution < 1.29 is 14.7 Å².